The van der Waals surface area contributed by atoms with Crippen LogP contribution in [0.15, 0.2) is 42.5 Å². The summed E-state index contributed by atoms with van der Waals surface area (Å²) in [5.74, 6) is 0.866. The van der Waals surface area contributed by atoms with E-state index >= 15 is 0 Å². The van der Waals surface area contributed by atoms with Crippen molar-refractivity contribution in [2.24, 2.45) is 0 Å². The average Bonchev–Trinajstić information content (AvgIpc) is 3.22. The van der Waals surface area contributed by atoms with Crippen LogP contribution in [0.2, 0.25) is 0 Å². The second kappa shape index (κ2) is 8.73. The van der Waals surface area contributed by atoms with Crippen LogP contribution in [0.1, 0.15) is 41.5 Å². The number of rotatable bonds is 5. The third-order valence-corrected chi connectivity index (χ3v) is 9.98. The molecule has 5 atom stereocenters. The lowest BCUT2D eigenvalue weighted by atomic mass is 9.46. The summed E-state index contributed by atoms with van der Waals surface area (Å²) >= 11 is 0. The van der Waals surface area contributed by atoms with Crippen LogP contribution in [0.3, 0.4) is 0 Å². The molecule has 0 aromatic heterocycles. The van der Waals surface area contributed by atoms with Crippen LogP contribution in [0.5, 0.6) is 11.5 Å². The molecule has 204 valence electrons. The quantitative estimate of drug-likeness (QED) is 0.606. The monoisotopic (exact) mass is 527 g/mol. The van der Waals surface area contributed by atoms with Crippen LogP contribution >= 0.6 is 0 Å². The standard InChI is InChI=1S/C30H36F3N3O2/c1-34(2)29-13-12-22(35(3)15-6-8-19-7-5-9-21(17-19)30(31,32)33)27-28(29)14-16-36(4)24(29)18-20-10-11-23(37)26(38-27)25(20)28/h5-11,17,22,24,27,37H,12-16,18H2,1-4H3/b8-6+/t22?,24-,27?,28+,29-/m1/s1. The molecular weight excluding hydrogens is 491 g/mol. The molecule has 6 rings (SSSR count). The van der Waals surface area contributed by atoms with Gasteiger partial charge in [0.05, 0.1) is 11.0 Å². The molecule has 1 saturated carbocycles. The zero-order valence-corrected chi connectivity index (χ0v) is 22.4. The van der Waals surface area contributed by atoms with E-state index < -0.39 is 11.7 Å². The van der Waals surface area contributed by atoms with Crippen molar-refractivity contribution < 1.29 is 23.0 Å². The van der Waals surface area contributed by atoms with E-state index in [4.69, 9.17) is 4.74 Å². The van der Waals surface area contributed by atoms with Gasteiger partial charge in [-0.1, -0.05) is 30.4 Å². The molecule has 1 saturated heterocycles. The lowest BCUT2D eigenvalue weighted by Crippen LogP contribution is -2.81. The topological polar surface area (TPSA) is 39.2 Å². The summed E-state index contributed by atoms with van der Waals surface area (Å²) in [5.41, 5.74) is 2.03. The second-order valence-electron chi connectivity index (χ2n) is 11.8. The van der Waals surface area contributed by atoms with Gasteiger partial charge in [0.25, 0.3) is 0 Å². The van der Waals surface area contributed by atoms with Crippen molar-refractivity contribution in [3.63, 3.8) is 0 Å². The SMILES string of the molecule is CN(C/C=C/c1cccc(C(F)(F)F)c1)C1CC[C@@]2(N(C)C)[C@H]3Cc4ccc(O)c5c4[C@@]2(CCN3C)C1O5. The highest BCUT2D eigenvalue weighted by atomic mass is 19.4. The number of likely N-dealkylation sites (tertiary alicyclic amines) is 1. The first-order chi connectivity index (χ1) is 18.0. The van der Waals surface area contributed by atoms with Crippen molar-refractivity contribution in [1.82, 2.24) is 14.7 Å². The molecular formula is C30H36F3N3O2. The minimum absolute atomic E-state index is 0.107. The molecule has 2 bridgehead atoms. The Morgan fingerprint density at radius 3 is 2.68 bits per heavy atom. The number of phenols is 1. The molecule has 2 aliphatic carbocycles. The number of phenolic OH excluding ortho intramolecular Hbond substituents is 1. The summed E-state index contributed by atoms with van der Waals surface area (Å²) in [4.78, 5) is 7.21. The molecule has 2 heterocycles. The van der Waals surface area contributed by atoms with Gasteiger partial charge in [-0.25, -0.2) is 0 Å². The molecule has 8 heteroatoms. The van der Waals surface area contributed by atoms with Gasteiger partial charge in [0.1, 0.15) is 6.10 Å². The maximum Gasteiger partial charge on any atom is 0.416 e. The summed E-state index contributed by atoms with van der Waals surface area (Å²) in [5, 5.41) is 10.9. The van der Waals surface area contributed by atoms with Gasteiger partial charge in [0.2, 0.25) is 0 Å². The highest BCUT2D eigenvalue weighted by Gasteiger charge is 2.73. The smallest absolute Gasteiger partial charge is 0.416 e. The minimum Gasteiger partial charge on any atom is -0.504 e. The highest BCUT2D eigenvalue weighted by molar-refractivity contribution is 5.63. The molecule has 2 fully saturated rings. The molecule has 1 spiro atoms. The van der Waals surface area contributed by atoms with E-state index in [1.165, 1.54) is 23.3 Å². The predicted octanol–water partition coefficient (Wildman–Crippen LogP) is 4.78. The van der Waals surface area contributed by atoms with Gasteiger partial charge in [0.15, 0.2) is 11.5 Å². The Hall–Kier alpha value is -2.55. The molecule has 0 radical (unpaired) electrons. The molecule has 2 aliphatic heterocycles. The lowest BCUT2D eigenvalue weighted by Gasteiger charge is -2.69. The normalized spacial score (nSPS) is 32.2. The first-order valence-corrected chi connectivity index (χ1v) is 13.4. The van der Waals surface area contributed by atoms with Crippen LogP contribution in [0, 0.1) is 0 Å². The van der Waals surface area contributed by atoms with E-state index in [2.05, 4.69) is 49.0 Å². The lowest BCUT2D eigenvalue weighted by molar-refractivity contribution is -0.148. The zero-order valence-electron chi connectivity index (χ0n) is 22.4. The Morgan fingerprint density at radius 2 is 1.95 bits per heavy atom. The Labute approximate surface area is 222 Å². The van der Waals surface area contributed by atoms with Crippen LogP contribution in [-0.2, 0) is 18.0 Å². The van der Waals surface area contributed by atoms with E-state index in [0.717, 1.165) is 38.3 Å². The van der Waals surface area contributed by atoms with E-state index in [-0.39, 0.29) is 28.8 Å². The highest BCUT2D eigenvalue weighted by Crippen LogP contribution is 2.66. The van der Waals surface area contributed by atoms with Gasteiger partial charge in [-0.3, -0.25) is 4.90 Å². The van der Waals surface area contributed by atoms with Crippen LogP contribution in [0.25, 0.3) is 6.08 Å². The van der Waals surface area contributed by atoms with Crippen LogP contribution in [-0.4, -0.2) is 84.8 Å². The Bertz CT molecular complexity index is 1280. The van der Waals surface area contributed by atoms with Crippen molar-refractivity contribution in [2.75, 3.05) is 41.3 Å². The van der Waals surface area contributed by atoms with E-state index in [1.807, 2.05) is 6.08 Å². The summed E-state index contributed by atoms with van der Waals surface area (Å²) in [6, 6.07) is 9.74. The third kappa shape index (κ3) is 3.42. The van der Waals surface area contributed by atoms with Crippen molar-refractivity contribution in [2.45, 2.75) is 61.0 Å². The number of nitrogens with zero attached hydrogens (tertiary/aromatic N) is 3. The Morgan fingerprint density at radius 1 is 1.16 bits per heavy atom. The number of likely N-dealkylation sites (N-methyl/N-ethyl adjacent to an activating group) is 3. The summed E-state index contributed by atoms with van der Waals surface area (Å²) in [7, 11) is 8.69. The zero-order chi connectivity index (χ0) is 27.0. The minimum atomic E-state index is -4.36. The second-order valence-corrected chi connectivity index (χ2v) is 11.8. The number of aromatic hydroxyl groups is 1. The first-order valence-electron chi connectivity index (χ1n) is 13.4. The van der Waals surface area contributed by atoms with Crippen LogP contribution < -0.4 is 4.74 Å². The molecule has 38 heavy (non-hydrogen) atoms. The van der Waals surface area contributed by atoms with Gasteiger partial charge in [-0.05, 0) is 89.7 Å². The maximum atomic E-state index is 13.1. The van der Waals surface area contributed by atoms with Gasteiger partial charge in [-0.15, -0.1) is 0 Å². The molecule has 1 N–H and O–H groups in total. The van der Waals surface area contributed by atoms with Gasteiger partial charge in [0, 0.05) is 29.7 Å². The Kier molecular flexibility index (Phi) is 5.91. The number of hydrogen-bond donors (Lipinski definition) is 1. The van der Waals surface area contributed by atoms with Gasteiger partial charge < -0.3 is 19.6 Å². The van der Waals surface area contributed by atoms with Gasteiger partial charge >= 0.3 is 6.18 Å². The molecule has 0 amide bonds. The fourth-order valence-electron chi connectivity index (χ4n) is 8.41. The maximum absolute atomic E-state index is 13.1. The largest absolute Gasteiger partial charge is 0.504 e. The molecule has 5 nitrogen and oxygen atoms in total. The van der Waals surface area contributed by atoms with E-state index in [1.54, 1.807) is 18.2 Å². The number of ether oxygens (including phenoxy) is 1. The Balaban J connectivity index is 1.34. The van der Waals surface area contributed by atoms with E-state index in [0.29, 0.717) is 23.9 Å². The number of alkyl halides is 3. The fourth-order valence-corrected chi connectivity index (χ4v) is 8.41. The van der Waals surface area contributed by atoms with Gasteiger partial charge in [-0.2, -0.15) is 13.2 Å². The van der Waals surface area contributed by atoms with Crippen molar-refractivity contribution in [1.29, 1.82) is 0 Å². The number of benzene rings is 2. The first kappa shape index (κ1) is 25.7. The van der Waals surface area contributed by atoms with Crippen molar-refractivity contribution in [3.05, 3.63) is 64.7 Å². The number of halogens is 3. The average molecular weight is 528 g/mol. The molecule has 2 unspecified atom stereocenters. The van der Waals surface area contributed by atoms with E-state index in [9.17, 15) is 18.3 Å². The predicted molar refractivity (Wildman–Crippen MR) is 141 cm³/mol. The van der Waals surface area contributed by atoms with Crippen molar-refractivity contribution >= 4 is 6.08 Å². The summed E-state index contributed by atoms with van der Waals surface area (Å²) in [6.07, 6.45) is 3.06. The van der Waals surface area contributed by atoms with Crippen molar-refractivity contribution in [3.8, 4) is 11.5 Å². The summed E-state index contributed by atoms with van der Waals surface area (Å²) in [6.45, 7) is 1.56. The molecule has 4 aliphatic rings. The molecule has 2 aromatic rings. The molecule has 2 aromatic carbocycles. The fraction of sp³-hybridized carbons (Fsp3) is 0.533. The van der Waals surface area contributed by atoms with Crippen LogP contribution in [0.4, 0.5) is 13.2 Å². The third-order valence-electron chi connectivity index (χ3n) is 9.98. The number of hydrogen-bond acceptors (Lipinski definition) is 5. The number of piperidine rings is 1. The summed E-state index contributed by atoms with van der Waals surface area (Å²) < 4.78 is 46.2.